The molecule has 0 aromatic carbocycles. The number of carbonyl (C=O) groups excluding carboxylic acids is 2. The van der Waals surface area contributed by atoms with Crippen LogP contribution in [0.1, 0.15) is 40.5 Å². The van der Waals surface area contributed by atoms with Gasteiger partial charge in [-0.05, 0) is 40.5 Å². The molecule has 7 nitrogen and oxygen atoms in total. The van der Waals surface area contributed by atoms with Crippen LogP contribution in [-0.2, 0) is 14.3 Å². The van der Waals surface area contributed by atoms with Crippen molar-refractivity contribution in [2.75, 3.05) is 6.61 Å². The zero-order valence-electron chi connectivity index (χ0n) is 13.5. The Morgan fingerprint density at radius 2 is 2.00 bits per heavy atom. The molecule has 0 heterocycles. The molecular formula is C15H24N2O5. The zero-order valence-corrected chi connectivity index (χ0v) is 13.5. The number of rotatable bonds is 3. The van der Waals surface area contributed by atoms with Gasteiger partial charge >= 0.3 is 12.1 Å². The molecule has 0 saturated heterocycles. The summed E-state index contributed by atoms with van der Waals surface area (Å²) in [5, 5.41) is 21.6. The van der Waals surface area contributed by atoms with Gasteiger partial charge in [0, 0.05) is 6.04 Å². The molecule has 22 heavy (non-hydrogen) atoms. The van der Waals surface area contributed by atoms with Crippen molar-refractivity contribution in [1.29, 1.82) is 5.26 Å². The fourth-order valence-electron chi connectivity index (χ4n) is 2.45. The lowest BCUT2D eigenvalue weighted by Gasteiger charge is -2.36. The van der Waals surface area contributed by atoms with E-state index in [0.717, 1.165) is 0 Å². The van der Waals surface area contributed by atoms with Crippen molar-refractivity contribution < 1.29 is 24.2 Å². The number of esters is 1. The van der Waals surface area contributed by atoms with Crippen LogP contribution < -0.4 is 5.32 Å². The molecule has 0 aliphatic heterocycles. The van der Waals surface area contributed by atoms with Crippen LogP contribution in [0.5, 0.6) is 0 Å². The number of nitrogens with one attached hydrogen (secondary N) is 1. The summed E-state index contributed by atoms with van der Waals surface area (Å²) in [6.45, 7) is 7.10. The van der Waals surface area contributed by atoms with Gasteiger partial charge in [-0.2, -0.15) is 5.26 Å². The third kappa shape index (κ3) is 5.19. The number of amides is 1. The van der Waals surface area contributed by atoms with Gasteiger partial charge in [-0.15, -0.1) is 0 Å². The lowest BCUT2D eigenvalue weighted by atomic mass is 9.76. The van der Waals surface area contributed by atoms with Crippen LogP contribution in [-0.4, -0.2) is 41.5 Å². The van der Waals surface area contributed by atoms with Crippen LogP contribution in [0.25, 0.3) is 0 Å². The molecule has 1 saturated carbocycles. The van der Waals surface area contributed by atoms with E-state index in [4.69, 9.17) is 14.7 Å². The first-order valence-electron chi connectivity index (χ1n) is 7.41. The first-order valence-corrected chi connectivity index (χ1v) is 7.41. The Morgan fingerprint density at radius 3 is 2.50 bits per heavy atom. The lowest BCUT2D eigenvalue weighted by Crippen LogP contribution is -2.52. The van der Waals surface area contributed by atoms with Crippen LogP contribution in [0, 0.1) is 23.2 Å². The second-order valence-corrected chi connectivity index (χ2v) is 6.39. The van der Waals surface area contributed by atoms with Crippen molar-refractivity contribution in [3.8, 4) is 6.07 Å². The summed E-state index contributed by atoms with van der Waals surface area (Å²) in [6, 6.07) is 1.37. The number of alkyl carbamates (subject to hydrolysis) is 1. The van der Waals surface area contributed by atoms with E-state index >= 15 is 0 Å². The predicted octanol–water partition coefficient (Wildman–Crippen LogP) is 1.35. The van der Waals surface area contributed by atoms with Crippen LogP contribution >= 0.6 is 0 Å². The van der Waals surface area contributed by atoms with Gasteiger partial charge in [-0.3, -0.25) is 4.79 Å². The van der Waals surface area contributed by atoms with E-state index < -0.39 is 41.6 Å². The van der Waals surface area contributed by atoms with E-state index in [-0.39, 0.29) is 19.4 Å². The summed E-state index contributed by atoms with van der Waals surface area (Å²) in [5.41, 5.74) is -0.661. The summed E-state index contributed by atoms with van der Waals surface area (Å²) in [4.78, 5) is 23.9. The molecule has 0 spiro atoms. The molecule has 1 rings (SSSR count). The molecule has 0 bridgehead atoms. The third-order valence-corrected chi connectivity index (χ3v) is 3.41. The quantitative estimate of drug-likeness (QED) is 0.761. The fourth-order valence-corrected chi connectivity index (χ4v) is 2.45. The minimum Gasteiger partial charge on any atom is -0.466 e. The van der Waals surface area contributed by atoms with Crippen molar-refractivity contribution in [2.45, 2.75) is 58.3 Å². The second-order valence-electron chi connectivity index (χ2n) is 6.39. The number of nitriles is 1. The fraction of sp³-hybridized carbons (Fsp3) is 0.800. The Bertz CT molecular complexity index is 452. The molecule has 1 amide bonds. The first kappa shape index (κ1) is 18.2. The predicted molar refractivity (Wildman–Crippen MR) is 77.6 cm³/mol. The maximum Gasteiger partial charge on any atom is 0.407 e. The van der Waals surface area contributed by atoms with Gasteiger partial charge in [0.15, 0.2) is 0 Å². The molecular weight excluding hydrogens is 288 g/mol. The van der Waals surface area contributed by atoms with E-state index in [0.29, 0.717) is 0 Å². The average molecular weight is 312 g/mol. The molecule has 1 aliphatic rings. The van der Waals surface area contributed by atoms with Crippen molar-refractivity contribution >= 4 is 12.1 Å². The summed E-state index contributed by atoms with van der Waals surface area (Å²) >= 11 is 0. The molecule has 124 valence electrons. The molecule has 0 aromatic rings. The first-order chi connectivity index (χ1) is 10.2. The van der Waals surface area contributed by atoms with E-state index in [1.54, 1.807) is 27.7 Å². The Labute approximate surface area is 130 Å². The molecule has 1 aliphatic carbocycles. The van der Waals surface area contributed by atoms with E-state index in [2.05, 4.69) is 5.32 Å². The lowest BCUT2D eigenvalue weighted by molar-refractivity contribution is -0.151. The Kier molecular flexibility index (Phi) is 6.18. The highest BCUT2D eigenvalue weighted by atomic mass is 16.6. The van der Waals surface area contributed by atoms with Gasteiger partial charge in [0.25, 0.3) is 0 Å². The number of hydrogen-bond acceptors (Lipinski definition) is 6. The minimum absolute atomic E-state index is 0.112. The van der Waals surface area contributed by atoms with Crippen molar-refractivity contribution in [1.82, 2.24) is 5.32 Å². The standard InChI is InChI=1S/C15H24N2O5/c1-5-21-13(19)10-6-9(8-16)12(18)7-11(10)17-14(20)22-15(2,3)4/h9-12,18H,5-7H2,1-4H3,(H,17,20)/t9-,10+,11-,12+/m0/s1. The third-order valence-electron chi connectivity index (χ3n) is 3.41. The van der Waals surface area contributed by atoms with Crippen molar-refractivity contribution in [2.24, 2.45) is 11.8 Å². The zero-order chi connectivity index (χ0) is 16.9. The van der Waals surface area contributed by atoms with E-state index in [1.807, 2.05) is 6.07 Å². The summed E-state index contributed by atoms with van der Waals surface area (Å²) in [7, 11) is 0. The van der Waals surface area contributed by atoms with Gasteiger partial charge in [0.2, 0.25) is 0 Å². The summed E-state index contributed by atoms with van der Waals surface area (Å²) < 4.78 is 10.2. The van der Waals surface area contributed by atoms with Gasteiger partial charge in [0.05, 0.1) is 30.6 Å². The van der Waals surface area contributed by atoms with Crippen LogP contribution in [0.4, 0.5) is 4.79 Å². The minimum atomic E-state index is -0.893. The molecule has 0 radical (unpaired) electrons. The maximum absolute atomic E-state index is 12.0. The topological polar surface area (TPSA) is 109 Å². The molecule has 7 heteroatoms. The number of nitrogens with zero attached hydrogens (tertiary/aromatic N) is 1. The highest BCUT2D eigenvalue weighted by Gasteiger charge is 2.42. The largest absolute Gasteiger partial charge is 0.466 e. The molecule has 4 atom stereocenters. The normalized spacial score (nSPS) is 28.4. The Hall–Kier alpha value is -1.81. The monoisotopic (exact) mass is 312 g/mol. The Morgan fingerprint density at radius 1 is 1.36 bits per heavy atom. The van der Waals surface area contributed by atoms with Crippen molar-refractivity contribution in [3.05, 3.63) is 0 Å². The molecule has 0 aromatic heterocycles. The molecule has 1 fully saturated rings. The second kappa shape index (κ2) is 7.45. The highest BCUT2D eigenvalue weighted by molar-refractivity contribution is 5.75. The SMILES string of the molecule is CCOC(=O)[C@@H]1C[C@@H](C#N)[C@H](O)C[C@@H]1NC(=O)OC(C)(C)C. The van der Waals surface area contributed by atoms with Crippen molar-refractivity contribution in [3.63, 3.8) is 0 Å². The van der Waals surface area contributed by atoms with E-state index in [9.17, 15) is 14.7 Å². The maximum atomic E-state index is 12.0. The Balaban J connectivity index is 2.81. The van der Waals surface area contributed by atoms with E-state index in [1.165, 1.54) is 0 Å². The van der Waals surface area contributed by atoms with Crippen LogP contribution in [0.3, 0.4) is 0 Å². The van der Waals surface area contributed by atoms with Crippen LogP contribution in [0.2, 0.25) is 0 Å². The molecule has 0 unspecified atom stereocenters. The number of ether oxygens (including phenoxy) is 2. The van der Waals surface area contributed by atoms with Gasteiger partial charge in [-0.1, -0.05) is 0 Å². The smallest absolute Gasteiger partial charge is 0.407 e. The number of hydrogen-bond donors (Lipinski definition) is 2. The average Bonchev–Trinajstić information content (AvgIpc) is 2.36. The van der Waals surface area contributed by atoms with Gasteiger partial charge in [-0.25, -0.2) is 4.79 Å². The molecule has 2 N–H and O–H groups in total. The van der Waals surface area contributed by atoms with Crippen LogP contribution in [0.15, 0.2) is 0 Å². The highest BCUT2D eigenvalue weighted by Crippen LogP contribution is 2.30. The van der Waals surface area contributed by atoms with Gasteiger partial charge < -0.3 is 19.9 Å². The number of carbonyl (C=O) groups is 2. The summed E-state index contributed by atoms with van der Waals surface area (Å²) in [5.74, 6) is -1.79. The number of aliphatic hydroxyl groups excluding tert-OH is 1. The van der Waals surface area contributed by atoms with Gasteiger partial charge in [0.1, 0.15) is 5.60 Å². The summed E-state index contributed by atoms with van der Waals surface area (Å²) in [6.07, 6.45) is -1.29. The number of aliphatic hydroxyl groups is 1.